The Labute approximate surface area is 171 Å². The lowest BCUT2D eigenvalue weighted by Gasteiger charge is -2.32. The van der Waals surface area contributed by atoms with Crippen molar-refractivity contribution in [3.63, 3.8) is 0 Å². The molecule has 3 unspecified atom stereocenters. The molecular formula is C15H27ClN6O7. The Hall–Kier alpha value is -2.61. The third-order valence-electron chi connectivity index (χ3n) is 3.70. The second-order valence-electron chi connectivity index (χ2n) is 5.71. The first-order chi connectivity index (χ1) is 13.4. The van der Waals surface area contributed by atoms with Crippen LogP contribution < -0.4 is 28.7 Å². The second-order valence-corrected chi connectivity index (χ2v) is 6.02. The van der Waals surface area contributed by atoms with Crippen LogP contribution in [0.15, 0.2) is 4.99 Å². The summed E-state index contributed by atoms with van der Waals surface area (Å²) in [5.41, 5.74) is 24.3. The minimum atomic E-state index is -2.62. The van der Waals surface area contributed by atoms with Gasteiger partial charge in [0.15, 0.2) is 23.1 Å². The summed E-state index contributed by atoms with van der Waals surface area (Å²) < 4.78 is 0. The lowest BCUT2D eigenvalue weighted by atomic mass is 9.74. The Morgan fingerprint density at radius 1 is 1.14 bits per heavy atom. The van der Waals surface area contributed by atoms with Crippen LogP contribution in [0.2, 0.25) is 0 Å². The molecule has 13 nitrogen and oxygen atoms in total. The molecule has 0 amide bonds. The van der Waals surface area contributed by atoms with Gasteiger partial charge in [-0.3, -0.25) is 19.4 Å². The van der Waals surface area contributed by atoms with E-state index < -0.39 is 54.0 Å². The van der Waals surface area contributed by atoms with Crippen LogP contribution in [0.4, 0.5) is 0 Å². The molecule has 0 fully saturated rings. The number of carbonyl (C=O) groups is 5. The summed E-state index contributed by atoms with van der Waals surface area (Å²) in [6.07, 6.45) is -0.309. The first-order valence-corrected chi connectivity index (χ1v) is 8.75. The molecule has 0 aromatic rings. The molecule has 166 valence electrons. The summed E-state index contributed by atoms with van der Waals surface area (Å²) in [6.45, 7) is -0.895. The highest BCUT2D eigenvalue weighted by atomic mass is 35.5. The van der Waals surface area contributed by atoms with Crippen LogP contribution in [0.25, 0.3) is 0 Å². The molecule has 3 atom stereocenters. The number of rotatable bonds is 13. The van der Waals surface area contributed by atoms with Gasteiger partial charge in [-0.25, -0.2) is 4.79 Å². The van der Waals surface area contributed by atoms with Gasteiger partial charge in [0.1, 0.15) is 6.29 Å². The normalized spacial score (nSPS) is 14.2. The Morgan fingerprint density at radius 2 is 1.66 bits per heavy atom. The third-order valence-corrected chi connectivity index (χ3v) is 3.83. The fourth-order valence-electron chi connectivity index (χ4n) is 2.23. The summed E-state index contributed by atoms with van der Waals surface area (Å²) in [5, 5.41) is 18.0. The molecule has 0 aliphatic heterocycles. The molecule has 0 saturated carbocycles. The first-order valence-electron chi connectivity index (χ1n) is 8.21. The van der Waals surface area contributed by atoms with Gasteiger partial charge >= 0.3 is 11.9 Å². The number of hydrogen-bond acceptors (Lipinski definition) is 9. The Bertz CT molecular complexity index is 626. The van der Waals surface area contributed by atoms with Crippen LogP contribution >= 0.6 is 11.6 Å². The number of halogens is 1. The number of hydrogen-bond donors (Lipinski definition) is 7. The average Bonchev–Trinajstić information content (AvgIpc) is 2.67. The number of nitrogens with zero attached hydrogens (tertiary/aromatic N) is 1. The molecule has 0 heterocycles. The van der Waals surface area contributed by atoms with Crippen LogP contribution in [0, 0.1) is 5.92 Å². The molecule has 0 aliphatic rings. The Balaban J connectivity index is 0. The largest absolute Gasteiger partial charge is 0.481 e. The van der Waals surface area contributed by atoms with E-state index >= 15 is 0 Å². The number of carboxylic acid groups (broad SMARTS) is 2. The number of aliphatic carboxylic acids is 2. The summed E-state index contributed by atoms with van der Waals surface area (Å²) in [7, 11) is 0. The summed E-state index contributed by atoms with van der Waals surface area (Å²) >= 11 is 4.82. The van der Waals surface area contributed by atoms with Gasteiger partial charge < -0.3 is 43.7 Å². The van der Waals surface area contributed by atoms with Crippen molar-refractivity contribution in [2.24, 2.45) is 39.6 Å². The number of carboxylic acids is 2. The van der Waals surface area contributed by atoms with Crippen molar-refractivity contribution in [2.75, 3.05) is 19.0 Å². The van der Waals surface area contributed by atoms with E-state index in [-0.39, 0.29) is 31.2 Å². The molecule has 0 radical (unpaired) electrons. The third kappa shape index (κ3) is 9.94. The van der Waals surface area contributed by atoms with E-state index in [4.69, 9.17) is 50.2 Å². The number of alkyl halides is 1. The Morgan fingerprint density at radius 3 is 2.00 bits per heavy atom. The standard InChI is InChI=1S/C13H24N6O6.C2H3ClO/c14-5-8(20)13(18,11(24)25)6(3-4-19-12(16)17)10(23)7(15)1-2-9(21)22;3-1-2-4/h6-7H,1-5,14-15,18H2,(H,21,22)(H,24,25)(H4,16,17,19);2H,1H2. The number of carbonyl (C=O) groups excluding carboxylic acids is 3. The van der Waals surface area contributed by atoms with Crippen LogP contribution in [-0.2, 0) is 24.0 Å². The zero-order valence-electron chi connectivity index (χ0n) is 15.6. The Kier molecular flexibility index (Phi) is 14.2. The maximum Gasteiger partial charge on any atom is 0.332 e. The van der Waals surface area contributed by atoms with E-state index in [1.165, 1.54) is 0 Å². The van der Waals surface area contributed by atoms with Crippen molar-refractivity contribution in [1.82, 2.24) is 0 Å². The van der Waals surface area contributed by atoms with Gasteiger partial charge in [0.25, 0.3) is 0 Å². The van der Waals surface area contributed by atoms with E-state index in [0.717, 1.165) is 0 Å². The van der Waals surface area contributed by atoms with Gasteiger partial charge in [0.2, 0.25) is 0 Å². The fraction of sp³-hybridized carbons (Fsp3) is 0.600. The van der Waals surface area contributed by atoms with Crippen molar-refractivity contribution >= 4 is 47.4 Å². The topological polar surface area (TPSA) is 268 Å². The molecule has 0 aliphatic carbocycles. The summed E-state index contributed by atoms with van der Waals surface area (Å²) in [5.74, 6) is -6.66. The molecule has 0 aromatic heterocycles. The molecule has 0 bridgehead atoms. The van der Waals surface area contributed by atoms with E-state index in [1.807, 2.05) is 0 Å². The van der Waals surface area contributed by atoms with Crippen molar-refractivity contribution in [2.45, 2.75) is 30.8 Å². The highest BCUT2D eigenvalue weighted by molar-refractivity contribution is 6.24. The van der Waals surface area contributed by atoms with Crippen molar-refractivity contribution in [1.29, 1.82) is 0 Å². The molecule has 14 heteroatoms. The summed E-state index contributed by atoms with van der Waals surface area (Å²) in [4.78, 5) is 59.4. The minimum absolute atomic E-state index is 0.111. The van der Waals surface area contributed by atoms with Gasteiger partial charge in [-0.15, -0.1) is 11.6 Å². The predicted molar refractivity (Wildman–Crippen MR) is 104 cm³/mol. The van der Waals surface area contributed by atoms with Gasteiger partial charge in [-0.1, -0.05) is 0 Å². The zero-order chi connectivity index (χ0) is 23.2. The van der Waals surface area contributed by atoms with Crippen LogP contribution in [0.5, 0.6) is 0 Å². The molecule has 0 spiro atoms. The highest BCUT2D eigenvalue weighted by Gasteiger charge is 2.51. The van der Waals surface area contributed by atoms with Gasteiger partial charge in [-0.2, -0.15) is 0 Å². The average molecular weight is 439 g/mol. The van der Waals surface area contributed by atoms with Gasteiger partial charge in [0.05, 0.1) is 24.4 Å². The molecule has 0 rings (SSSR count). The lowest BCUT2D eigenvalue weighted by molar-refractivity contribution is -0.154. The van der Waals surface area contributed by atoms with Crippen LogP contribution in [0.1, 0.15) is 19.3 Å². The highest BCUT2D eigenvalue weighted by Crippen LogP contribution is 2.24. The van der Waals surface area contributed by atoms with Crippen LogP contribution in [-0.4, -0.2) is 76.5 Å². The van der Waals surface area contributed by atoms with E-state index in [9.17, 15) is 24.3 Å². The minimum Gasteiger partial charge on any atom is -0.481 e. The monoisotopic (exact) mass is 438 g/mol. The van der Waals surface area contributed by atoms with E-state index in [2.05, 4.69) is 4.99 Å². The maximum absolute atomic E-state index is 12.5. The number of Topliss-reactive ketones (excluding diaryl/α,β-unsaturated/α-hetero) is 2. The SMILES string of the molecule is NCC(=O)C(N)(C(=O)O)C(CCN=C(N)N)C(=O)C(N)CCC(=O)O.O=CCCl. The quantitative estimate of drug-likeness (QED) is 0.0491. The van der Waals surface area contributed by atoms with E-state index in [0.29, 0.717) is 6.29 Å². The predicted octanol–water partition coefficient (Wildman–Crippen LogP) is -3.24. The number of aliphatic imine (C=N–C) groups is 1. The van der Waals surface area contributed by atoms with Crippen LogP contribution in [0.3, 0.4) is 0 Å². The van der Waals surface area contributed by atoms with Gasteiger partial charge in [0, 0.05) is 13.0 Å². The number of nitrogens with two attached hydrogens (primary N) is 5. The number of aldehydes is 1. The van der Waals surface area contributed by atoms with Crippen molar-refractivity contribution < 1.29 is 34.2 Å². The van der Waals surface area contributed by atoms with E-state index in [1.54, 1.807) is 0 Å². The number of guanidine groups is 1. The molecular weight excluding hydrogens is 412 g/mol. The lowest BCUT2D eigenvalue weighted by Crippen LogP contribution is -2.65. The zero-order valence-corrected chi connectivity index (χ0v) is 16.4. The molecule has 12 N–H and O–H groups in total. The van der Waals surface area contributed by atoms with Crippen molar-refractivity contribution in [3.8, 4) is 0 Å². The first kappa shape index (κ1) is 28.6. The molecule has 29 heavy (non-hydrogen) atoms. The summed E-state index contributed by atoms with van der Waals surface area (Å²) in [6, 6.07) is -1.33. The second kappa shape index (κ2) is 14.4. The maximum atomic E-state index is 12.5. The smallest absolute Gasteiger partial charge is 0.332 e. The molecule has 0 saturated heterocycles. The van der Waals surface area contributed by atoms with Gasteiger partial charge in [-0.05, 0) is 12.8 Å². The van der Waals surface area contributed by atoms with Crippen molar-refractivity contribution in [3.05, 3.63) is 0 Å². The number of ketones is 2. The molecule has 0 aromatic carbocycles. The fourth-order valence-corrected chi connectivity index (χ4v) is 2.23.